The second-order valence-electron chi connectivity index (χ2n) is 8.45. The van der Waals surface area contributed by atoms with Crippen molar-refractivity contribution >= 4 is 17.8 Å². The molecule has 0 unspecified atom stereocenters. The topological polar surface area (TPSA) is 22.2 Å². The van der Waals surface area contributed by atoms with Crippen LogP contribution in [0.5, 0.6) is 0 Å². The van der Waals surface area contributed by atoms with E-state index >= 15 is 0 Å². The summed E-state index contributed by atoms with van der Waals surface area (Å²) in [5.74, 6) is 0. The van der Waals surface area contributed by atoms with Gasteiger partial charge in [-0.05, 0) is 0 Å². The summed E-state index contributed by atoms with van der Waals surface area (Å²) < 4.78 is 16.9. The Morgan fingerprint density at radius 3 is 1.12 bits per heavy atom. The molecule has 0 spiro atoms. The van der Waals surface area contributed by atoms with Gasteiger partial charge in [0.25, 0.3) is 0 Å². The van der Waals surface area contributed by atoms with Gasteiger partial charge >= 0.3 is 165 Å². The quantitative estimate of drug-likeness (QED) is 0.655. The van der Waals surface area contributed by atoms with Gasteiger partial charge in [-0.2, -0.15) is 0 Å². The number of piperidine rings is 3. The molecule has 0 aromatic carbocycles. The molecule has 0 saturated carbocycles. The third-order valence-corrected chi connectivity index (χ3v) is 15.0. The molecule has 0 aromatic heterocycles. The average Bonchev–Trinajstić information content (AvgIpc) is 2.76. The molecule has 4 fully saturated rings. The Bertz CT molecular complexity index is 375. The fourth-order valence-electron chi connectivity index (χ4n) is 5.63. The van der Waals surface area contributed by atoms with Crippen molar-refractivity contribution in [1.82, 2.24) is 18.7 Å². The summed E-state index contributed by atoms with van der Waals surface area (Å²) in [6, 6.07) is 0. The summed E-state index contributed by atoms with van der Waals surface area (Å²) in [5, 5.41) is 0. The Balaban J connectivity index is 1.79. The summed E-state index contributed by atoms with van der Waals surface area (Å²) in [4.78, 5) is 0. The van der Waals surface area contributed by atoms with Gasteiger partial charge in [-0.3, -0.25) is 0 Å². The van der Waals surface area contributed by atoms with E-state index in [2.05, 4.69) is 18.7 Å². The minimum atomic E-state index is -2.98. The molecule has 26 heavy (non-hydrogen) atoms. The number of hydrogen-bond donors (Lipinski definition) is 0. The Morgan fingerprint density at radius 1 is 0.462 bits per heavy atom. The first-order chi connectivity index (χ1) is 12.7. The Morgan fingerprint density at radius 2 is 0.769 bits per heavy atom. The van der Waals surface area contributed by atoms with E-state index < -0.39 is 6.56 Å². The molecule has 152 valence electrons. The Hall–Kier alpha value is 0.520. The van der Waals surface area contributed by atoms with Gasteiger partial charge in [-0.25, -0.2) is 0 Å². The van der Waals surface area contributed by atoms with Crippen molar-refractivity contribution in [2.45, 2.75) is 57.8 Å². The molecular formula is C19H38ClN4OP. The van der Waals surface area contributed by atoms with E-state index in [1.54, 1.807) is 0 Å². The van der Waals surface area contributed by atoms with E-state index in [4.69, 9.17) is 16.0 Å². The van der Waals surface area contributed by atoms with Crippen molar-refractivity contribution in [1.29, 1.82) is 0 Å². The Labute approximate surface area is 164 Å². The first-order valence-electron chi connectivity index (χ1n) is 11.1. The first-order valence-corrected chi connectivity index (χ1v) is 14.0. The van der Waals surface area contributed by atoms with Gasteiger partial charge in [0.2, 0.25) is 0 Å². The predicted molar refractivity (Wildman–Crippen MR) is 111 cm³/mol. The van der Waals surface area contributed by atoms with Crippen LogP contribution in [0.15, 0.2) is 0 Å². The number of halogens is 1. The van der Waals surface area contributed by atoms with E-state index in [-0.39, 0.29) is 0 Å². The van der Waals surface area contributed by atoms with Crippen LogP contribution in [-0.2, 0) is 4.74 Å². The standard InChI is InChI=1S/C19H38ClN4OP/c20-26(21-10-4-1-5-11-21,22-12-6-2-7-13-22,23-14-8-3-9-15-23)24-16-18-25-19-17-24/h1-19H2. The third kappa shape index (κ3) is 3.26. The molecule has 4 heterocycles. The molecule has 0 aliphatic carbocycles. The zero-order valence-electron chi connectivity index (χ0n) is 16.5. The molecule has 4 aliphatic heterocycles. The maximum atomic E-state index is 8.29. The summed E-state index contributed by atoms with van der Waals surface area (Å²) in [7, 11) is 0. The molecule has 7 heteroatoms. The van der Waals surface area contributed by atoms with E-state index in [9.17, 15) is 0 Å². The van der Waals surface area contributed by atoms with Crippen molar-refractivity contribution in [2.75, 3.05) is 65.6 Å². The molecular weight excluding hydrogens is 367 g/mol. The fraction of sp³-hybridized carbons (Fsp3) is 1.00. The summed E-state index contributed by atoms with van der Waals surface area (Å²) in [6.45, 7) is 7.70. The van der Waals surface area contributed by atoms with Crippen molar-refractivity contribution in [3.63, 3.8) is 0 Å². The number of morpholine rings is 1. The van der Waals surface area contributed by atoms with Gasteiger partial charge in [0.15, 0.2) is 0 Å². The monoisotopic (exact) mass is 404 g/mol. The first kappa shape index (κ1) is 19.8. The van der Waals surface area contributed by atoms with Crippen LogP contribution in [0, 0.1) is 0 Å². The molecule has 0 N–H and O–H groups in total. The summed E-state index contributed by atoms with van der Waals surface area (Å²) in [6.07, 6.45) is 11.9. The molecule has 0 bridgehead atoms. The van der Waals surface area contributed by atoms with E-state index in [0.29, 0.717) is 0 Å². The summed E-state index contributed by atoms with van der Waals surface area (Å²) >= 11 is 8.29. The number of rotatable bonds is 4. The van der Waals surface area contributed by atoms with Gasteiger partial charge in [0.1, 0.15) is 0 Å². The molecule has 4 rings (SSSR count). The van der Waals surface area contributed by atoms with E-state index in [0.717, 1.165) is 26.3 Å². The van der Waals surface area contributed by atoms with Gasteiger partial charge in [0.05, 0.1) is 0 Å². The predicted octanol–water partition coefficient (Wildman–Crippen LogP) is 4.14. The average molecular weight is 405 g/mol. The van der Waals surface area contributed by atoms with Crippen molar-refractivity contribution in [2.24, 2.45) is 0 Å². The van der Waals surface area contributed by atoms with Gasteiger partial charge < -0.3 is 0 Å². The normalized spacial score (nSPS) is 30.7. The van der Waals surface area contributed by atoms with Crippen LogP contribution in [0.2, 0.25) is 0 Å². The van der Waals surface area contributed by atoms with Gasteiger partial charge in [0, 0.05) is 0 Å². The second-order valence-corrected chi connectivity index (χ2v) is 14.2. The zero-order chi connectivity index (χ0) is 17.9. The van der Waals surface area contributed by atoms with E-state index in [1.165, 1.54) is 97.1 Å². The number of hydrogen-bond acceptors (Lipinski definition) is 5. The van der Waals surface area contributed by atoms with Crippen LogP contribution in [-0.4, -0.2) is 84.3 Å². The van der Waals surface area contributed by atoms with Crippen molar-refractivity contribution in [3.8, 4) is 0 Å². The zero-order valence-corrected chi connectivity index (χ0v) is 18.1. The van der Waals surface area contributed by atoms with Crippen LogP contribution in [0.1, 0.15) is 57.8 Å². The number of ether oxygens (including phenoxy) is 1. The van der Waals surface area contributed by atoms with Crippen LogP contribution < -0.4 is 0 Å². The molecule has 0 radical (unpaired) electrons. The van der Waals surface area contributed by atoms with Crippen LogP contribution >= 0.6 is 17.8 Å². The molecule has 0 amide bonds. The molecule has 4 aliphatic rings. The van der Waals surface area contributed by atoms with Crippen LogP contribution in [0.25, 0.3) is 0 Å². The van der Waals surface area contributed by atoms with Crippen LogP contribution in [0.3, 0.4) is 0 Å². The Kier molecular flexibility index (Phi) is 6.47. The third-order valence-electron chi connectivity index (χ3n) is 6.93. The fourth-order valence-corrected chi connectivity index (χ4v) is 13.4. The summed E-state index contributed by atoms with van der Waals surface area (Å²) in [5.41, 5.74) is 0. The maximum absolute atomic E-state index is 8.29. The number of nitrogens with zero attached hydrogens (tertiary/aromatic N) is 4. The second kappa shape index (κ2) is 8.49. The molecule has 4 saturated heterocycles. The van der Waals surface area contributed by atoms with Gasteiger partial charge in [-0.15, -0.1) is 0 Å². The molecule has 5 nitrogen and oxygen atoms in total. The minimum absolute atomic E-state index is 0.833. The van der Waals surface area contributed by atoms with Crippen molar-refractivity contribution in [3.05, 3.63) is 0 Å². The molecule has 0 aromatic rings. The van der Waals surface area contributed by atoms with Crippen molar-refractivity contribution < 1.29 is 4.74 Å². The molecule has 0 atom stereocenters. The SMILES string of the molecule is ClP(N1CCCCC1)(N1CCCCC1)(N1CCCCC1)N1CCOCC1. The van der Waals surface area contributed by atoms with E-state index in [1.807, 2.05) is 0 Å². The van der Waals surface area contributed by atoms with Crippen LogP contribution in [0.4, 0.5) is 0 Å². The van der Waals surface area contributed by atoms with Gasteiger partial charge in [-0.1, -0.05) is 0 Å².